The summed E-state index contributed by atoms with van der Waals surface area (Å²) in [5.74, 6) is -3.38. The lowest BCUT2D eigenvalue weighted by molar-refractivity contribution is 0.0594. The van der Waals surface area contributed by atoms with Crippen LogP contribution in [0, 0.1) is 11.6 Å². The molecule has 0 heterocycles. The van der Waals surface area contributed by atoms with Crippen molar-refractivity contribution in [3.05, 3.63) is 29.3 Å². The van der Waals surface area contributed by atoms with Gasteiger partial charge in [-0.3, -0.25) is 0 Å². The summed E-state index contributed by atoms with van der Waals surface area (Å²) >= 11 is 0. The number of hydrogen-bond donors (Lipinski definition) is 2. The van der Waals surface area contributed by atoms with Gasteiger partial charge in [0.15, 0.2) is 11.6 Å². The summed E-state index contributed by atoms with van der Waals surface area (Å²) in [5, 5.41) is 11.0. The number of carbonyl (C=O) groups is 1. The van der Waals surface area contributed by atoms with Crippen molar-refractivity contribution in [1.82, 2.24) is 0 Å². The highest BCUT2D eigenvalue weighted by atomic mass is 19.2. The average molecular weight is 231 g/mol. The first-order valence-corrected chi connectivity index (χ1v) is 4.52. The largest absolute Gasteiger partial charge is 0.465 e. The molecular weight excluding hydrogens is 220 g/mol. The zero-order valence-electron chi connectivity index (χ0n) is 8.59. The number of esters is 1. The van der Waals surface area contributed by atoms with Crippen LogP contribution < -0.4 is 5.32 Å². The smallest absolute Gasteiger partial charge is 0.340 e. The topological polar surface area (TPSA) is 58.6 Å². The molecule has 6 heteroatoms. The lowest BCUT2D eigenvalue weighted by atomic mass is 10.2. The van der Waals surface area contributed by atoms with E-state index in [0.717, 1.165) is 13.2 Å². The van der Waals surface area contributed by atoms with Crippen molar-refractivity contribution in [2.45, 2.75) is 0 Å². The van der Waals surface area contributed by atoms with Gasteiger partial charge in [0.05, 0.1) is 25.0 Å². The molecule has 0 saturated carbocycles. The molecule has 0 radical (unpaired) electrons. The third-order valence-corrected chi connectivity index (χ3v) is 1.91. The van der Waals surface area contributed by atoms with Crippen LogP contribution >= 0.6 is 0 Å². The molecule has 0 aliphatic rings. The van der Waals surface area contributed by atoms with E-state index in [1.165, 1.54) is 6.07 Å². The lowest BCUT2D eigenvalue weighted by Crippen LogP contribution is -2.11. The minimum Gasteiger partial charge on any atom is -0.465 e. The summed E-state index contributed by atoms with van der Waals surface area (Å²) in [6.07, 6.45) is 0. The first-order chi connectivity index (χ1) is 7.61. The molecule has 0 saturated heterocycles. The number of nitrogens with one attached hydrogen (secondary N) is 1. The molecule has 1 aromatic rings. The highest BCUT2D eigenvalue weighted by molar-refractivity contribution is 5.90. The van der Waals surface area contributed by atoms with Gasteiger partial charge in [-0.1, -0.05) is 0 Å². The van der Waals surface area contributed by atoms with Crippen molar-refractivity contribution >= 4 is 11.7 Å². The number of aliphatic hydroxyl groups is 1. The van der Waals surface area contributed by atoms with Crippen molar-refractivity contribution in [3.8, 4) is 0 Å². The number of carbonyl (C=O) groups excluding carboxylic acids is 1. The molecule has 0 aromatic heterocycles. The molecule has 1 rings (SSSR count). The van der Waals surface area contributed by atoms with Gasteiger partial charge in [-0.05, 0) is 12.1 Å². The number of benzene rings is 1. The Hall–Kier alpha value is -1.69. The molecule has 0 aliphatic heterocycles. The average Bonchev–Trinajstić information content (AvgIpc) is 2.30. The van der Waals surface area contributed by atoms with Gasteiger partial charge < -0.3 is 15.2 Å². The summed E-state index contributed by atoms with van der Waals surface area (Å²) in [4.78, 5) is 11.0. The lowest BCUT2D eigenvalue weighted by Gasteiger charge is -2.08. The van der Waals surface area contributed by atoms with E-state index in [2.05, 4.69) is 10.1 Å². The summed E-state index contributed by atoms with van der Waals surface area (Å²) in [6.45, 7) is -0.117. The van der Waals surface area contributed by atoms with Crippen LogP contribution in [0.5, 0.6) is 0 Å². The molecule has 88 valence electrons. The van der Waals surface area contributed by atoms with Crippen molar-refractivity contribution in [2.75, 3.05) is 25.6 Å². The second-order valence-corrected chi connectivity index (χ2v) is 2.93. The van der Waals surface area contributed by atoms with E-state index in [1.54, 1.807) is 0 Å². The van der Waals surface area contributed by atoms with Gasteiger partial charge in [0.25, 0.3) is 0 Å². The van der Waals surface area contributed by atoms with Gasteiger partial charge >= 0.3 is 5.97 Å². The Balaban J connectivity index is 3.03. The standard InChI is InChI=1S/C10H11F2NO3/c1-16-10(15)6-2-3-7(13-4-5-14)9(12)8(6)11/h2-3,13-14H,4-5H2,1H3. The Kier molecular flexibility index (Phi) is 4.19. The Labute approximate surface area is 90.8 Å². The minimum atomic E-state index is -1.27. The molecular formula is C10H11F2NO3. The van der Waals surface area contributed by atoms with E-state index in [1.807, 2.05) is 0 Å². The van der Waals surface area contributed by atoms with E-state index in [4.69, 9.17) is 5.11 Å². The van der Waals surface area contributed by atoms with Crippen LogP contribution in [-0.2, 0) is 4.74 Å². The normalized spacial score (nSPS) is 10.0. The van der Waals surface area contributed by atoms with E-state index in [0.29, 0.717) is 0 Å². The van der Waals surface area contributed by atoms with Crippen LogP contribution in [0.3, 0.4) is 0 Å². The van der Waals surface area contributed by atoms with E-state index < -0.39 is 23.2 Å². The van der Waals surface area contributed by atoms with Crippen LogP contribution in [0.4, 0.5) is 14.5 Å². The number of halogens is 2. The van der Waals surface area contributed by atoms with Crippen molar-refractivity contribution < 1.29 is 23.4 Å². The van der Waals surface area contributed by atoms with Gasteiger partial charge in [0, 0.05) is 6.54 Å². The van der Waals surface area contributed by atoms with Gasteiger partial charge in [0.2, 0.25) is 0 Å². The van der Waals surface area contributed by atoms with Crippen LogP contribution in [0.1, 0.15) is 10.4 Å². The first kappa shape index (κ1) is 12.4. The van der Waals surface area contributed by atoms with Crippen LogP contribution in [-0.4, -0.2) is 31.3 Å². The highest BCUT2D eigenvalue weighted by Gasteiger charge is 2.18. The van der Waals surface area contributed by atoms with E-state index >= 15 is 0 Å². The highest BCUT2D eigenvalue weighted by Crippen LogP contribution is 2.20. The predicted molar refractivity (Wildman–Crippen MR) is 53.3 cm³/mol. The maximum Gasteiger partial charge on any atom is 0.340 e. The Bertz CT molecular complexity index is 396. The van der Waals surface area contributed by atoms with Gasteiger partial charge in [-0.2, -0.15) is 0 Å². The molecule has 1 aromatic carbocycles. The van der Waals surface area contributed by atoms with Crippen molar-refractivity contribution in [3.63, 3.8) is 0 Å². The monoisotopic (exact) mass is 231 g/mol. The fraction of sp³-hybridized carbons (Fsp3) is 0.300. The minimum absolute atomic E-state index is 0.0912. The van der Waals surface area contributed by atoms with Gasteiger partial charge in [0.1, 0.15) is 0 Å². The molecule has 4 nitrogen and oxygen atoms in total. The molecule has 0 unspecified atom stereocenters. The predicted octanol–water partition coefficient (Wildman–Crippen LogP) is 1.16. The second-order valence-electron chi connectivity index (χ2n) is 2.93. The fourth-order valence-electron chi connectivity index (χ4n) is 1.14. The van der Waals surface area contributed by atoms with Gasteiger partial charge in [-0.15, -0.1) is 0 Å². The molecule has 0 aliphatic carbocycles. The SMILES string of the molecule is COC(=O)c1ccc(NCCO)c(F)c1F. The maximum absolute atomic E-state index is 13.4. The molecule has 16 heavy (non-hydrogen) atoms. The number of ether oxygens (including phenoxy) is 1. The maximum atomic E-state index is 13.4. The second kappa shape index (κ2) is 5.41. The zero-order chi connectivity index (χ0) is 12.1. The number of hydrogen-bond acceptors (Lipinski definition) is 4. The molecule has 2 N–H and O–H groups in total. The summed E-state index contributed by atoms with van der Waals surface area (Å²) in [5.41, 5.74) is -0.575. The molecule has 0 fully saturated rings. The van der Waals surface area contributed by atoms with E-state index in [9.17, 15) is 13.6 Å². The van der Waals surface area contributed by atoms with Crippen LogP contribution in [0.25, 0.3) is 0 Å². The van der Waals surface area contributed by atoms with Gasteiger partial charge in [-0.25, -0.2) is 13.6 Å². The fourth-order valence-corrected chi connectivity index (χ4v) is 1.14. The Morgan fingerprint density at radius 2 is 2.12 bits per heavy atom. The van der Waals surface area contributed by atoms with Crippen LogP contribution in [0.2, 0.25) is 0 Å². The molecule has 0 amide bonds. The molecule has 0 atom stereocenters. The third kappa shape index (κ3) is 2.46. The molecule has 0 bridgehead atoms. The van der Waals surface area contributed by atoms with E-state index in [-0.39, 0.29) is 18.8 Å². The summed E-state index contributed by atoms with van der Waals surface area (Å²) in [6, 6.07) is 2.32. The zero-order valence-corrected chi connectivity index (χ0v) is 8.59. The quantitative estimate of drug-likeness (QED) is 0.763. The number of anilines is 1. The van der Waals surface area contributed by atoms with Crippen molar-refractivity contribution in [2.24, 2.45) is 0 Å². The third-order valence-electron chi connectivity index (χ3n) is 1.91. The number of aliphatic hydroxyl groups excluding tert-OH is 1. The Morgan fingerprint density at radius 1 is 1.44 bits per heavy atom. The summed E-state index contributed by atoms with van der Waals surface area (Å²) in [7, 11) is 1.08. The number of methoxy groups -OCH3 is 1. The van der Waals surface area contributed by atoms with Crippen LogP contribution in [0.15, 0.2) is 12.1 Å². The first-order valence-electron chi connectivity index (χ1n) is 4.52. The summed E-state index contributed by atoms with van der Waals surface area (Å²) < 4.78 is 31.0. The Morgan fingerprint density at radius 3 is 2.69 bits per heavy atom. The number of rotatable bonds is 4. The molecule has 0 spiro atoms. The van der Waals surface area contributed by atoms with Crippen molar-refractivity contribution in [1.29, 1.82) is 0 Å².